The maximum Gasteiger partial charge on any atom is 0.245 e. The van der Waals surface area contributed by atoms with Crippen molar-refractivity contribution in [2.45, 2.75) is 121 Å². The molecule has 1 aromatic carbocycles. The number of benzene rings is 1. The summed E-state index contributed by atoms with van der Waals surface area (Å²) >= 11 is 0. The van der Waals surface area contributed by atoms with E-state index in [4.69, 9.17) is 40.1 Å². The van der Waals surface area contributed by atoms with E-state index in [1.54, 1.807) is 44.2 Å². The van der Waals surface area contributed by atoms with Crippen LogP contribution in [0.4, 0.5) is 0 Å². The Kier molecular flexibility index (Phi) is 23.4. The summed E-state index contributed by atoms with van der Waals surface area (Å²) in [7, 11) is 0. The van der Waals surface area contributed by atoms with Gasteiger partial charge in [-0.25, -0.2) is 0 Å². The van der Waals surface area contributed by atoms with Crippen LogP contribution in [0.15, 0.2) is 40.3 Å². The molecule has 1 aliphatic heterocycles. The van der Waals surface area contributed by atoms with Gasteiger partial charge in [-0.2, -0.15) is 0 Å². The number of carbonyl (C=O) groups is 9. The Labute approximate surface area is 383 Å². The number of nitrogens with two attached hydrogens (primary N) is 7. The second kappa shape index (κ2) is 28.0. The summed E-state index contributed by atoms with van der Waals surface area (Å²) in [5, 5.41) is 15.3. The number of carbonyl (C=O) groups excluding carboxylic acids is 9. The first-order chi connectivity index (χ1) is 31.1. The monoisotopic (exact) mass is 929 g/mol. The molecule has 25 nitrogen and oxygen atoms in total. The maximum atomic E-state index is 13.9. The molecule has 25 heteroatoms. The van der Waals surface area contributed by atoms with E-state index in [0.29, 0.717) is 6.42 Å². The van der Waals surface area contributed by atoms with Crippen LogP contribution in [0.2, 0.25) is 0 Å². The molecule has 0 radical (unpaired) electrons. The molecule has 366 valence electrons. The molecular formula is C41H68N16O9. The van der Waals surface area contributed by atoms with Crippen molar-refractivity contribution in [3.8, 4) is 0 Å². The van der Waals surface area contributed by atoms with Gasteiger partial charge in [-0.05, 0) is 63.4 Å². The number of hydrogen-bond donors (Lipinski definition) is 13. The smallest absolute Gasteiger partial charge is 0.245 e. The Hall–Kier alpha value is -7.05. The van der Waals surface area contributed by atoms with Crippen LogP contribution in [0.1, 0.15) is 77.7 Å². The molecule has 0 spiro atoms. The van der Waals surface area contributed by atoms with Crippen molar-refractivity contribution < 1.29 is 43.2 Å². The van der Waals surface area contributed by atoms with Gasteiger partial charge in [0, 0.05) is 32.5 Å². The highest BCUT2D eigenvalue weighted by atomic mass is 16.2. The number of likely N-dealkylation sites (tertiary alicyclic amines) is 1. The zero-order chi connectivity index (χ0) is 49.5. The van der Waals surface area contributed by atoms with Gasteiger partial charge in [0.15, 0.2) is 11.9 Å². The van der Waals surface area contributed by atoms with Gasteiger partial charge in [-0.15, -0.1) is 0 Å². The van der Waals surface area contributed by atoms with Crippen LogP contribution < -0.4 is 72.0 Å². The quantitative estimate of drug-likeness (QED) is 0.0212. The number of amides is 9. The average molecular weight is 929 g/mol. The molecule has 0 aliphatic carbocycles. The third-order valence-electron chi connectivity index (χ3n) is 10.4. The van der Waals surface area contributed by atoms with Gasteiger partial charge in [0.2, 0.25) is 53.2 Å². The molecule has 66 heavy (non-hydrogen) atoms. The van der Waals surface area contributed by atoms with E-state index in [1.165, 1.54) is 11.8 Å². The highest BCUT2D eigenvalue weighted by Crippen LogP contribution is 2.20. The topological polar surface area (TPSA) is 436 Å². The predicted octanol–water partition coefficient (Wildman–Crippen LogP) is -5.38. The Bertz CT molecular complexity index is 1910. The van der Waals surface area contributed by atoms with E-state index in [1.807, 2.05) is 0 Å². The van der Waals surface area contributed by atoms with Gasteiger partial charge in [-0.3, -0.25) is 53.1 Å². The molecule has 0 aromatic heterocycles. The lowest BCUT2D eigenvalue weighted by Crippen LogP contribution is -2.58. The number of nitrogens with zero attached hydrogens (tertiary/aromatic N) is 3. The highest BCUT2D eigenvalue weighted by Gasteiger charge is 2.39. The van der Waals surface area contributed by atoms with Crippen molar-refractivity contribution in [1.82, 2.24) is 36.8 Å². The van der Waals surface area contributed by atoms with E-state index in [2.05, 4.69) is 41.9 Å². The van der Waals surface area contributed by atoms with Gasteiger partial charge >= 0.3 is 0 Å². The summed E-state index contributed by atoms with van der Waals surface area (Å²) in [4.78, 5) is 127. The minimum absolute atomic E-state index is 0.00899. The third kappa shape index (κ3) is 19.8. The standard InChI is InChI=1S/C41H68N16O9/c1-22(2)32(43)38(65)52-23(3)34(61)54-26(13-8-18-50-41(47)48)36(63)55-25(12-7-17-49-40(45)46)35(62)51-21-31(59)53-27(15-16-30(42)58)39(66)57-19-9-14-29(57)37(64)56-28(33(44)60)20-24-10-5-4-6-11-24/h4-6,10-11,22-23,25-29,32H,7-9,12-21,43H2,1-3H3,(H2,42,58)(H2,44,60)(H,51,62)(H,52,65)(H,53,59)(H,54,61)(H,55,63)(H,56,64)(H4,45,46,49)(H4,47,48,50)/t23-,25-,26-,27-,28-,29-,32-/m0/s1. The van der Waals surface area contributed by atoms with Gasteiger partial charge in [0.1, 0.15) is 36.3 Å². The van der Waals surface area contributed by atoms with E-state index in [9.17, 15) is 43.2 Å². The van der Waals surface area contributed by atoms with Gasteiger partial charge in [-0.1, -0.05) is 44.2 Å². The van der Waals surface area contributed by atoms with Gasteiger partial charge in [0.25, 0.3) is 0 Å². The molecular weight excluding hydrogens is 861 g/mol. The molecule has 1 heterocycles. The van der Waals surface area contributed by atoms with Crippen LogP contribution in [0.3, 0.4) is 0 Å². The minimum atomic E-state index is -1.36. The summed E-state index contributed by atoms with van der Waals surface area (Å²) in [6, 6.07) is 0.802. The number of aliphatic imine (C=N–C) groups is 2. The lowest BCUT2D eigenvalue weighted by Gasteiger charge is -2.29. The van der Waals surface area contributed by atoms with Crippen molar-refractivity contribution >= 4 is 65.1 Å². The Morgan fingerprint density at radius 1 is 0.682 bits per heavy atom. The van der Waals surface area contributed by atoms with E-state index in [-0.39, 0.29) is 88.8 Å². The molecule has 9 amide bonds. The molecule has 2 rings (SSSR count). The van der Waals surface area contributed by atoms with Crippen molar-refractivity contribution in [1.29, 1.82) is 0 Å². The van der Waals surface area contributed by atoms with E-state index < -0.39 is 102 Å². The number of hydrogen-bond acceptors (Lipinski definition) is 12. The summed E-state index contributed by atoms with van der Waals surface area (Å²) in [5.41, 5.74) is 39.4. The van der Waals surface area contributed by atoms with Crippen LogP contribution in [-0.4, -0.2) is 138 Å². The Balaban J connectivity index is 2.24. The normalized spacial score (nSPS) is 15.9. The van der Waals surface area contributed by atoms with Gasteiger partial charge < -0.3 is 76.9 Å². The molecule has 1 fully saturated rings. The zero-order valence-corrected chi connectivity index (χ0v) is 37.8. The van der Waals surface area contributed by atoms with Crippen molar-refractivity contribution in [3.05, 3.63) is 35.9 Å². The average Bonchev–Trinajstić information content (AvgIpc) is 3.76. The SMILES string of the molecule is CC(C)[C@H](N)C(=O)N[C@@H](C)C(=O)N[C@@H](CCCN=C(N)N)C(=O)N[C@@H](CCCN=C(N)N)C(=O)NCC(=O)N[C@@H](CCC(N)=O)C(=O)N1CCC[C@H]1C(=O)N[C@@H](Cc1ccccc1)C(N)=O. The minimum Gasteiger partial charge on any atom is -0.370 e. The first-order valence-corrected chi connectivity index (χ1v) is 21.7. The highest BCUT2D eigenvalue weighted by molar-refractivity contribution is 5.97. The summed E-state index contributed by atoms with van der Waals surface area (Å²) in [6.07, 6.45) is 0.508. The lowest BCUT2D eigenvalue weighted by molar-refractivity contribution is -0.142. The van der Waals surface area contributed by atoms with Crippen LogP contribution in [-0.2, 0) is 49.6 Å². The van der Waals surface area contributed by atoms with Crippen molar-refractivity contribution in [2.24, 2.45) is 56.0 Å². The molecule has 7 atom stereocenters. The third-order valence-corrected chi connectivity index (χ3v) is 10.4. The maximum absolute atomic E-state index is 13.9. The second-order valence-electron chi connectivity index (χ2n) is 16.2. The number of rotatable bonds is 28. The van der Waals surface area contributed by atoms with Crippen LogP contribution >= 0.6 is 0 Å². The van der Waals surface area contributed by atoms with E-state index in [0.717, 1.165) is 5.56 Å². The summed E-state index contributed by atoms with van der Waals surface area (Å²) in [5.74, 6) is -7.34. The number of nitrogens with one attached hydrogen (secondary N) is 6. The molecule has 0 bridgehead atoms. The van der Waals surface area contributed by atoms with Crippen molar-refractivity contribution in [3.63, 3.8) is 0 Å². The fraction of sp³-hybridized carbons (Fsp3) is 0.585. The summed E-state index contributed by atoms with van der Waals surface area (Å²) in [6.45, 7) is 4.44. The number of guanidine groups is 2. The van der Waals surface area contributed by atoms with Crippen LogP contribution in [0.25, 0.3) is 0 Å². The Morgan fingerprint density at radius 2 is 1.26 bits per heavy atom. The zero-order valence-electron chi connectivity index (χ0n) is 37.8. The fourth-order valence-corrected chi connectivity index (χ4v) is 6.72. The van der Waals surface area contributed by atoms with Gasteiger partial charge in [0.05, 0.1) is 12.6 Å². The number of primary amides is 2. The van der Waals surface area contributed by atoms with Crippen LogP contribution in [0.5, 0.6) is 0 Å². The summed E-state index contributed by atoms with van der Waals surface area (Å²) < 4.78 is 0. The fourth-order valence-electron chi connectivity index (χ4n) is 6.72. The second-order valence-corrected chi connectivity index (χ2v) is 16.2. The first-order valence-electron chi connectivity index (χ1n) is 21.7. The predicted molar refractivity (Wildman–Crippen MR) is 243 cm³/mol. The lowest BCUT2D eigenvalue weighted by atomic mass is 10.0. The Morgan fingerprint density at radius 3 is 1.80 bits per heavy atom. The first kappa shape index (κ1) is 55.1. The van der Waals surface area contributed by atoms with E-state index >= 15 is 0 Å². The molecule has 0 saturated carbocycles. The molecule has 20 N–H and O–H groups in total. The molecule has 1 aliphatic rings. The molecule has 0 unspecified atom stereocenters. The molecule has 1 aromatic rings. The van der Waals surface area contributed by atoms with Crippen molar-refractivity contribution in [2.75, 3.05) is 26.2 Å². The van der Waals surface area contributed by atoms with Crippen LogP contribution in [0, 0.1) is 5.92 Å². The largest absolute Gasteiger partial charge is 0.370 e. The molecule has 1 saturated heterocycles.